The molecule has 0 saturated carbocycles. The average molecular weight is 255 g/mol. The van der Waals surface area contributed by atoms with E-state index >= 15 is 0 Å². The molecule has 0 aromatic heterocycles. The summed E-state index contributed by atoms with van der Waals surface area (Å²) >= 11 is 0. The standard InChI is InChI=1S/C10H22N2O3.ClH/c1-9(11)3-4-10(13)12-5-6-15-8-7-14-2;/h9H,3-8,11H2,1-2H3,(H,12,13);1H. The first kappa shape index (κ1) is 18.0. The van der Waals surface area contributed by atoms with Crippen LogP contribution >= 0.6 is 12.4 Å². The van der Waals surface area contributed by atoms with Crippen molar-refractivity contribution >= 4 is 18.3 Å². The average Bonchev–Trinajstić information content (AvgIpc) is 2.20. The number of carbonyl (C=O) groups is 1. The van der Waals surface area contributed by atoms with Crippen LogP contribution in [0.2, 0.25) is 0 Å². The van der Waals surface area contributed by atoms with Gasteiger partial charge in [0.2, 0.25) is 5.91 Å². The van der Waals surface area contributed by atoms with Crippen LogP contribution in [0, 0.1) is 0 Å². The summed E-state index contributed by atoms with van der Waals surface area (Å²) in [7, 11) is 1.62. The Kier molecular flexibility index (Phi) is 14.3. The smallest absolute Gasteiger partial charge is 0.220 e. The van der Waals surface area contributed by atoms with E-state index < -0.39 is 0 Å². The summed E-state index contributed by atoms with van der Waals surface area (Å²) in [5.41, 5.74) is 5.53. The summed E-state index contributed by atoms with van der Waals surface area (Å²) in [4.78, 5) is 11.2. The predicted molar refractivity (Wildman–Crippen MR) is 65.8 cm³/mol. The molecule has 0 aromatic rings. The lowest BCUT2D eigenvalue weighted by atomic mass is 10.2. The number of ether oxygens (including phenoxy) is 2. The minimum atomic E-state index is 0. The highest BCUT2D eigenvalue weighted by Crippen LogP contribution is 1.92. The van der Waals surface area contributed by atoms with Crippen molar-refractivity contribution in [2.24, 2.45) is 5.73 Å². The highest BCUT2D eigenvalue weighted by molar-refractivity contribution is 5.85. The lowest BCUT2D eigenvalue weighted by molar-refractivity contribution is -0.121. The van der Waals surface area contributed by atoms with Crippen molar-refractivity contribution < 1.29 is 14.3 Å². The van der Waals surface area contributed by atoms with Gasteiger partial charge in [0, 0.05) is 26.1 Å². The van der Waals surface area contributed by atoms with Gasteiger partial charge in [-0.05, 0) is 13.3 Å². The number of hydrogen-bond acceptors (Lipinski definition) is 4. The quantitative estimate of drug-likeness (QED) is 0.581. The second-order valence-corrected chi connectivity index (χ2v) is 3.47. The number of nitrogens with one attached hydrogen (secondary N) is 1. The second kappa shape index (κ2) is 12.7. The van der Waals surface area contributed by atoms with Crippen molar-refractivity contribution in [1.29, 1.82) is 0 Å². The molecule has 6 heteroatoms. The van der Waals surface area contributed by atoms with Crippen molar-refractivity contribution in [1.82, 2.24) is 5.32 Å². The van der Waals surface area contributed by atoms with Gasteiger partial charge in [0.1, 0.15) is 0 Å². The number of halogens is 1. The van der Waals surface area contributed by atoms with Crippen LogP contribution in [0.25, 0.3) is 0 Å². The van der Waals surface area contributed by atoms with Gasteiger partial charge in [-0.1, -0.05) is 0 Å². The zero-order chi connectivity index (χ0) is 11.5. The summed E-state index contributed by atoms with van der Waals surface area (Å²) in [5.74, 6) is 0.0302. The maximum Gasteiger partial charge on any atom is 0.220 e. The molecule has 0 aliphatic rings. The Bertz CT molecular complexity index is 168. The number of carbonyl (C=O) groups excluding carboxylic acids is 1. The number of nitrogens with two attached hydrogens (primary N) is 1. The van der Waals surface area contributed by atoms with Crippen LogP contribution in [-0.2, 0) is 14.3 Å². The Hall–Kier alpha value is -0.360. The normalized spacial score (nSPS) is 11.7. The zero-order valence-corrected chi connectivity index (χ0v) is 10.8. The van der Waals surface area contributed by atoms with Crippen LogP contribution in [-0.4, -0.2) is 45.4 Å². The van der Waals surface area contributed by atoms with Gasteiger partial charge in [0.15, 0.2) is 0 Å². The second-order valence-electron chi connectivity index (χ2n) is 3.47. The molecule has 3 N–H and O–H groups in total. The third kappa shape index (κ3) is 13.6. The number of rotatable bonds is 9. The lowest BCUT2D eigenvalue weighted by Crippen LogP contribution is -2.29. The Labute approximate surface area is 103 Å². The molecule has 0 fully saturated rings. The fourth-order valence-corrected chi connectivity index (χ4v) is 0.954. The van der Waals surface area contributed by atoms with Gasteiger partial charge in [0.25, 0.3) is 0 Å². The van der Waals surface area contributed by atoms with Gasteiger partial charge in [0.05, 0.1) is 19.8 Å². The van der Waals surface area contributed by atoms with E-state index in [9.17, 15) is 4.79 Å². The van der Waals surface area contributed by atoms with Gasteiger partial charge in [-0.2, -0.15) is 0 Å². The summed E-state index contributed by atoms with van der Waals surface area (Å²) in [6.45, 7) is 4.10. The topological polar surface area (TPSA) is 73.6 Å². The number of hydrogen-bond donors (Lipinski definition) is 2. The molecule has 0 saturated heterocycles. The van der Waals surface area contributed by atoms with E-state index in [2.05, 4.69) is 5.32 Å². The van der Waals surface area contributed by atoms with Crippen LogP contribution in [0.4, 0.5) is 0 Å². The molecule has 0 aliphatic heterocycles. The van der Waals surface area contributed by atoms with E-state index in [1.165, 1.54) is 0 Å². The van der Waals surface area contributed by atoms with Gasteiger partial charge in [-0.15, -0.1) is 12.4 Å². The van der Waals surface area contributed by atoms with E-state index in [4.69, 9.17) is 15.2 Å². The van der Waals surface area contributed by atoms with Crippen molar-refractivity contribution in [3.05, 3.63) is 0 Å². The monoisotopic (exact) mass is 254 g/mol. The first-order valence-corrected chi connectivity index (χ1v) is 5.25. The molecule has 0 spiro atoms. The third-order valence-electron chi connectivity index (χ3n) is 1.83. The summed E-state index contributed by atoms with van der Waals surface area (Å²) < 4.78 is 9.99. The maximum atomic E-state index is 11.2. The molecule has 0 aliphatic carbocycles. The van der Waals surface area contributed by atoms with E-state index in [0.717, 1.165) is 6.42 Å². The molecule has 5 nitrogen and oxygen atoms in total. The van der Waals surface area contributed by atoms with Crippen LogP contribution in [0.3, 0.4) is 0 Å². The maximum absolute atomic E-state index is 11.2. The highest BCUT2D eigenvalue weighted by Gasteiger charge is 2.02. The Morgan fingerprint density at radius 1 is 1.38 bits per heavy atom. The van der Waals surface area contributed by atoms with Crippen molar-refractivity contribution in [2.75, 3.05) is 33.5 Å². The SMILES string of the molecule is COCCOCCNC(=O)CCC(C)N.Cl. The van der Waals surface area contributed by atoms with E-state index in [0.29, 0.717) is 32.8 Å². The van der Waals surface area contributed by atoms with Crippen LogP contribution < -0.4 is 11.1 Å². The first-order valence-electron chi connectivity index (χ1n) is 5.25. The predicted octanol–water partition coefficient (Wildman–Crippen LogP) is 0.315. The number of amides is 1. The van der Waals surface area contributed by atoms with E-state index in [1.54, 1.807) is 7.11 Å². The molecular formula is C10H23ClN2O3. The molecule has 0 aromatic carbocycles. The molecule has 1 atom stereocenters. The van der Waals surface area contributed by atoms with Crippen molar-refractivity contribution in [3.8, 4) is 0 Å². The Morgan fingerprint density at radius 3 is 2.62 bits per heavy atom. The molecule has 1 amide bonds. The summed E-state index contributed by atoms with van der Waals surface area (Å²) in [6, 6.07) is 0.0775. The molecular weight excluding hydrogens is 232 g/mol. The highest BCUT2D eigenvalue weighted by atomic mass is 35.5. The summed E-state index contributed by atoms with van der Waals surface area (Å²) in [6.07, 6.45) is 1.20. The van der Waals surface area contributed by atoms with E-state index in [1.807, 2.05) is 6.92 Å². The minimum absolute atomic E-state index is 0. The molecule has 0 heterocycles. The molecule has 0 radical (unpaired) electrons. The fourth-order valence-electron chi connectivity index (χ4n) is 0.954. The van der Waals surface area contributed by atoms with Crippen LogP contribution in [0.15, 0.2) is 0 Å². The largest absolute Gasteiger partial charge is 0.382 e. The minimum Gasteiger partial charge on any atom is -0.382 e. The van der Waals surface area contributed by atoms with Crippen molar-refractivity contribution in [2.45, 2.75) is 25.8 Å². The number of methoxy groups -OCH3 is 1. The van der Waals surface area contributed by atoms with Gasteiger partial charge in [-0.25, -0.2) is 0 Å². The van der Waals surface area contributed by atoms with Gasteiger partial charge >= 0.3 is 0 Å². The molecule has 0 rings (SSSR count). The zero-order valence-electron chi connectivity index (χ0n) is 10.0. The van der Waals surface area contributed by atoms with Gasteiger partial charge in [-0.3, -0.25) is 4.79 Å². The first-order chi connectivity index (χ1) is 7.16. The van der Waals surface area contributed by atoms with Gasteiger partial charge < -0.3 is 20.5 Å². The Balaban J connectivity index is 0. The Morgan fingerprint density at radius 2 is 2.06 bits per heavy atom. The molecule has 98 valence electrons. The van der Waals surface area contributed by atoms with Crippen LogP contribution in [0.5, 0.6) is 0 Å². The molecule has 0 bridgehead atoms. The summed E-state index contributed by atoms with van der Waals surface area (Å²) in [5, 5.41) is 2.75. The lowest BCUT2D eigenvalue weighted by Gasteiger charge is -2.07. The fraction of sp³-hybridized carbons (Fsp3) is 0.900. The molecule has 16 heavy (non-hydrogen) atoms. The third-order valence-corrected chi connectivity index (χ3v) is 1.83. The molecule has 1 unspecified atom stereocenters. The van der Waals surface area contributed by atoms with Crippen LogP contribution in [0.1, 0.15) is 19.8 Å². The van der Waals surface area contributed by atoms with E-state index in [-0.39, 0.29) is 24.4 Å². The van der Waals surface area contributed by atoms with Crippen molar-refractivity contribution in [3.63, 3.8) is 0 Å².